The number of methoxy groups -OCH3 is 2. The van der Waals surface area contributed by atoms with Crippen molar-refractivity contribution in [1.82, 2.24) is 15.3 Å². The van der Waals surface area contributed by atoms with Gasteiger partial charge in [0.1, 0.15) is 0 Å². The molecule has 31 heavy (non-hydrogen) atoms. The van der Waals surface area contributed by atoms with E-state index in [2.05, 4.69) is 21.4 Å². The van der Waals surface area contributed by atoms with Crippen LogP contribution in [-0.4, -0.2) is 36.6 Å². The second kappa shape index (κ2) is 9.66. The first-order chi connectivity index (χ1) is 15.2. The molecule has 4 rings (SSSR count). The fraction of sp³-hybridized carbons (Fsp3) is 0.250. The molecular weight excluding hydrogens is 410 g/mol. The van der Waals surface area contributed by atoms with E-state index in [1.54, 1.807) is 31.1 Å². The minimum atomic E-state index is -0.107. The molecule has 2 N–H and O–H groups in total. The van der Waals surface area contributed by atoms with Crippen molar-refractivity contribution in [2.45, 2.75) is 18.8 Å². The number of aromatic amines is 1. The maximum atomic E-state index is 12.6. The smallest absolute Gasteiger partial charge is 0.220 e. The van der Waals surface area contributed by atoms with Crippen LogP contribution in [0.4, 0.5) is 0 Å². The molecule has 160 valence electrons. The Morgan fingerprint density at radius 2 is 2.00 bits per heavy atom. The standard InChI is InChI=1S/C24H25N3O3S/c1-29-22-9-5-7-18(24(22)30-2)20(19-12-25-21-8-4-3-6-17(19)21)13-26-23(28)11-10-16-14-31-15-27-16/h3-9,12,14-15,20,25H,10-11,13H2,1-2H3,(H,26,28). The normalized spacial score (nSPS) is 11.9. The first kappa shape index (κ1) is 20.9. The van der Waals surface area contributed by atoms with Crippen LogP contribution in [0.1, 0.15) is 29.2 Å². The molecular formula is C24H25N3O3S. The largest absolute Gasteiger partial charge is 0.493 e. The van der Waals surface area contributed by atoms with Crippen molar-refractivity contribution in [1.29, 1.82) is 0 Å². The van der Waals surface area contributed by atoms with E-state index >= 15 is 0 Å². The first-order valence-corrected chi connectivity index (χ1v) is 11.1. The Bertz CT molecular complexity index is 1150. The molecule has 6 nitrogen and oxygen atoms in total. The van der Waals surface area contributed by atoms with Gasteiger partial charge in [-0.1, -0.05) is 30.3 Å². The molecule has 7 heteroatoms. The van der Waals surface area contributed by atoms with E-state index < -0.39 is 0 Å². The van der Waals surface area contributed by atoms with Gasteiger partial charge in [0.05, 0.1) is 25.4 Å². The van der Waals surface area contributed by atoms with E-state index in [9.17, 15) is 4.79 Å². The summed E-state index contributed by atoms with van der Waals surface area (Å²) < 4.78 is 11.2. The third-order valence-corrected chi connectivity index (χ3v) is 6.04. The first-order valence-electron chi connectivity index (χ1n) is 10.1. The molecule has 0 aliphatic rings. The molecule has 1 atom stereocenters. The zero-order valence-corrected chi connectivity index (χ0v) is 18.4. The highest BCUT2D eigenvalue weighted by atomic mass is 32.1. The number of nitrogens with one attached hydrogen (secondary N) is 2. The van der Waals surface area contributed by atoms with Crippen LogP contribution >= 0.6 is 11.3 Å². The topological polar surface area (TPSA) is 76.2 Å². The number of para-hydroxylation sites is 2. The lowest BCUT2D eigenvalue weighted by molar-refractivity contribution is -0.121. The average molecular weight is 436 g/mol. The van der Waals surface area contributed by atoms with Crippen LogP contribution < -0.4 is 14.8 Å². The summed E-state index contributed by atoms with van der Waals surface area (Å²) in [6.45, 7) is 0.446. The highest BCUT2D eigenvalue weighted by molar-refractivity contribution is 7.07. The molecule has 4 aromatic rings. The molecule has 0 saturated heterocycles. The molecule has 0 aliphatic heterocycles. The number of H-pyrrole nitrogens is 1. The number of hydrogen-bond donors (Lipinski definition) is 2. The second-order valence-corrected chi connectivity index (χ2v) is 7.93. The van der Waals surface area contributed by atoms with Crippen molar-refractivity contribution in [2.75, 3.05) is 20.8 Å². The number of nitrogens with zero attached hydrogens (tertiary/aromatic N) is 1. The summed E-state index contributed by atoms with van der Waals surface area (Å²) >= 11 is 1.54. The Kier molecular flexibility index (Phi) is 6.52. The SMILES string of the molecule is COc1cccc(C(CNC(=O)CCc2cscn2)c2c[nH]c3ccccc23)c1OC. The van der Waals surface area contributed by atoms with E-state index in [1.165, 1.54) is 0 Å². The molecule has 0 spiro atoms. The van der Waals surface area contributed by atoms with Crippen LogP contribution in [0.15, 0.2) is 59.6 Å². The van der Waals surface area contributed by atoms with Gasteiger partial charge < -0.3 is 19.8 Å². The van der Waals surface area contributed by atoms with Crippen LogP contribution in [-0.2, 0) is 11.2 Å². The van der Waals surface area contributed by atoms with Crippen LogP contribution in [0, 0.1) is 0 Å². The Morgan fingerprint density at radius 3 is 2.77 bits per heavy atom. The number of amides is 1. The van der Waals surface area contributed by atoms with E-state index in [-0.39, 0.29) is 11.8 Å². The van der Waals surface area contributed by atoms with Gasteiger partial charge in [0.15, 0.2) is 11.5 Å². The fourth-order valence-corrected chi connectivity index (χ4v) is 4.46. The Labute approximate surface area is 185 Å². The Balaban J connectivity index is 1.63. The van der Waals surface area contributed by atoms with Crippen LogP contribution in [0.3, 0.4) is 0 Å². The lowest BCUT2D eigenvalue weighted by Gasteiger charge is -2.22. The number of benzene rings is 2. The van der Waals surface area contributed by atoms with Crippen molar-refractivity contribution in [3.05, 3.63) is 76.4 Å². The van der Waals surface area contributed by atoms with E-state index in [1.807, 2.05) is 48.0 Å². The van der Waals surface area contributed by atoms with Gasteiger partial charge in [-0.15, -0.1) is 11.3 Å². The third-order valence-electron chi connectivity index (χ3n) is 5.40. The molecule has 2 aromatic heterocycles. The highest BCUT2D eigenvalue weighted by Crippen LogP contribution is 2.40. The number of rotatable bonds is 9. The third kappa shape index (κ3) is 4.56. The van der Waals surface area contributed by atoms with Crippen molar-refractivity contribution in [3.63, 3.8) is 0 Å². The van der Waals surface area contributed by atoms with E-state index in [0.717, 1.165) is 27.7 Å². The highest BCUT2D eigenvalue weighted by Gasteiger charge is 2.24. The summed E-state index contributed by atoms with van der Waals surface area (Å²) in [5, 5.41) is 6.21. The lowest BCUT2D eigenvalue weighted by Crippen LogP contribution is -2.29. The zero-order chi connectivity index (χ0) is 21.6. The molecule has 1 amide bonds. The predicted octanol–water partition coefficient (Wildman–Crippen LogP) is 4.52. The summed E-state index contributed by atoms with van der Waals surface area (Å²) in [7, 11) is 3.27. The number of hydrogen-bond acceptors (Lipinski definition) is 5. The summed E-state index contributed by atoms with van der Waals surface area (Å²) in [5.74, 6) is 1.24. The van der Waals surface area contributed by atoms with Gasteiger partial charge in [0.2, 0.25) is 5.91 Å². The molecule has 0 radical (unpaired) electrons. The Hall–Kier alpha value is -3.32. The average Bonchev–Trinajstić information content (AvgIpc) is 3.48. The zero-order valence-electron chi connectivity index (χ0n) is 17.6. The van der Waals surface area contributed by atoms with Crippen LogP contribution in [0.5, 0.6) is 11.5 Å². The number of carbonyl (C=O) groups is 1. The molecule has 2 aromatic carbocycles. The second-order valence-electron chi connectivity index (χ2n) is 7.21. The summed E-state index contributed by atoms with van der Waals surface area (Å²) in [6, 6.07) is 14.0. The number of thiazole rings is 1. The number of fused-ring (bicyclic) bond motifs is 1. The van der Waals surface area contributed by atoms with Crippen LogP contribution in [0.25, 0.3) is 10.9 Å². The summed E-state index contributed by atoms with van der Waals surface area (Å²) in [5.41, 5.74) is 5.85. The van der Waals surface area contributed by atoms with E-state index in [4.69, 9.17) is 9.47 Å². The van der Waals surface area contributed by atoms with Crippen molar-refractivity contribution in [3.8, 4) is 11.5 Å². The van der Waals surface area contributed by atoms with Gasteiger partial charge in [0.25, 0.3) is 0 Å². The number of aromatic nitrogens is 2. The van der Waals surface area contributed by atoms with Gasteiger partial charge in [-0.05, 0) is 24.1 Å². The van der Waals surface area contributed by atoms with Gasteiger partial charge >= 0.3 is 0 Å². The minimum absolute atomic E-state index is 0.000274. The predicted molar refractivity (Wildman–Crippen MR) is 123 cm³/mol. The quantitative estimate of drug-likeness (QED) is 0.405. The molecule has 0 fully saturated rings. The van der Waals surface area contributed by atoms with Crippen molar-refractivity contribution in [2.24, 2.45) is 0 Å². The van der Waals surface area contributed by atoms with Crippen molar-refractivity contribution < 1.29 is 14.3 Å². The number of ether oxygens (including phenoxy) is 2. The van der Waals surface area contributed by atoms with Crippen molar-refractivity contribution >= 4 is 28.1 Å². The van der Waals surface area contributed by atoms with Gasteiger partial charge in [0, 0.05) is 46.9 Å². The molecule has 0 aliphatic carbocycles. The van der Waals surface area contributed by atoms with Crippen LogP contribution in [0.2, 0.25) is 0 Å². The lowest BCUT2D eigenvalue weighted by atomic mass is 9.89. The molecule has 2 heterocycles. The number of carbonyl (C=O) groups excluding carboxylic acids is 1. The number of aryl methyl sites for hydroxylation is 1. The van der Waals surface area contributed by atoms with E-state index in [0.29, 0.717) is 30.9 Å². The monoisotopic (exact) mass is 435 g/mol. The molecule has 0 bridgehead atoms. The fourth-order valence-electron chi connectivity index (χ4n) is 3.86. The van der Waals surface area contributed by atoms with Gasteiger partial charge in [-0.25, -0.2) is 4.98 Å². The minimum Gasteiger partial charge on any atom is -0.493 e. The summed E-state index contributed by atoms with van der Waals surface area (Å²) in [4.78, 5) is 20.2. The summed E-state index contributed by atoms with van der Waals surface area (Å²) in [6.07, 6.45) is 3.05. The van der Waals surface area contributed by atoms with Gasteiger partial charge in [-0.2, -0.15) is 0 Å². The molecule has 0 saturated carbocycles. The Morgan fingerprint density at radius 1 is 1.13 bits per heavy atom. The molecule has 1 unspecified atom stereocenters. The maximum Gasteiger partial charge on any atom is 0.220 e. The van der Waals surface area contributed by atoms with Gasteiger partial charge in [-0.3, -0.25) is 4.79 Å². The maximum absolute atomic E-state index is 12.6.